The molecule has 0 aliphatic heterocycles. The highest BCUT2D eigenvalue weighted by Gasteiger charge is 2.21. The van der Waals surface area contributed by atoms with Gasteiger partial charge < -0.3 is 14.2 Å². The maximum Gasteiger partial charge on any atom is 0.233 e. The lowest BCUT2D eigenvalue weighted by atomic mass is 10.1. The van der Waals surface area contributed by atoms with E-state index in [9.17, 15) is 4.79 Å². The first-order valence-corrected chi connectivity index (χ1v) is 10.8. The molecule has 6 nitrogen and oxygen atoms in total. The van der Waals surface area contributed by atoms with Gasteiger partial charge in [0, 0.05) is 18.6 Å². The van der Waals surface area contributed by atoms with Gasteiger partial charge in [0.05, 0.1) is 5.75 Å². The van der Waals surface area contributed by atoms with Crippen LogP contribution in [0.15, 0.2) is 23.4 Å². The molecule has 0 radical (unpaired) electrons. The summed E-state index contributed by atoms with van der Waals surface area (Å²) in [7, 11) is 0. The predicted molar refractivity (Wildman–Crippen MR) is 114 cm³/mol. The highest BCUT2D eigenvalue weighted by molar-refractivity contribution is 7.99. The van der Waals surface area contributed by atoms with Gasteiger partial charge in [-0.2, -0.15) is 0 Å². The van der Waals surface area contributed by atoms with Gasteiger partial charge in [-0.15, -0.1) is 10.2 Å². The van der Waals surface area contributed by atoms with Crippen LogP contribution in [0, 0.1) is 13.8 Å². The Kier molecular flexibility index (Phi) is 7.92. The molecule has 1 heterocycles. The third kappa shape index (κ3) is 5.28. The molecule has 0 fully saturated rings. The first-order valence-electron chi connectivity index (χ1n) is 9.81. The first kappa shape index (κ1) is 22.3. The SMILES string of the molecule is CCn1c(COc2cccc(C)c2C)nnc1SCC(=O)N(C(C)C)C(C)C. The molecule has 0 atom stereocenters. The molecular formula is C21H32N4O2S. The number of nitrogens with zero attached hydrogens (tertiary/aromatic N) is 4. The number of thioether (sulfide) groups is 1. The zero-order valence-corrected chi connectivity index (χ0v) is 18.8. The molecule has 0 aliphatic rings. The van der Waals surface area contributed by atoms with Crippen molar-refractivity contribution in [2.24, 2.45) is 0 Å². The molecule has 0 N–H and O–H groups in total. The second-order valence-electron chi connectivity index (χ2n) is 7.41. The van der Waals surface area contributed by atoms with Crippen LogP contribution in [-0.4, -0.2) is 43.4 Å². The molecule has 154 valence electrons. The third-order valence-electron chi connectivity index (χ3n) is 4.75. The van der Waals surface area contributed by atoms with E-state index in [0.717, 1.165) is 28.8 Å². The maximum absolute atomic E-state index is 12.6. The molecule has 0 saturated heterocycles. The highest BCUT2D eigenvalue weighted by atomic mass is 32.2. The number of aryl methyl sites for hydroxylation is 1. The molecule has 1 aromatic heterocycles. The zero-order valence-electron chi connectivity index (χ0n) is 18.0. The predicted octanol–water partition coefficient (Wildman–Crippen LogP) is 4.23. The Labute approximate surface area is 172 Å². The Hall–Kier alpha value is -2.02. The van der Waals surface area contributed by atoms with E-state index in [1.165, 1.54) is 17.3 Å². The van der Waals surface area contributed by atoms with Gasteiger partial charge in [0.2, 0.25) is 5.91 Å². The van der Waals surface area contributed by atoms with Crippen LogP contribution in [0.3, 0.4) is 0 Å². The van der Waals surface area contributed by atoms with Crippen molar-refractivity contribution in [2.45, 2.75) is 78.9 Å². The molecule has 0 saturated carbocycles. The Morgan fingerprint density at radius 3 is 2.46 bits per heavy atom. The first-order chi connectivity index (χ1) is 13.3. The molecule has 0 unspecified atom stereocenters. The van der Waals surface area contributed by atoms with Crippen LogP contribution in [0.4, 0.5) is 0 Å². The normalized spacial score (nSPS) is 11.3. The van der Waals surface area contributed by atoms with E-state index in [4.69, 9.17) is 4.74 Å². The van der Waals surface area contributed by atoms with Crippen molar-refractivity contribution in [1.29, 1.82) is 0 Å². The van der Waals surface area contributed by atoms with Crippen molar-refractivity contribution in [1.82, 2.24) is 19.7 Å². The van der Waals surface area contributed by atoms with Crippen LogP contribution in [-0.2, 0) is 17.9 Å². The molecule has 0 spiro atoms. The summed E-state index contributed by atoms with van der Waals surface area (Å²) in [4.78, 5) is 14.5. The van der Waals surface area contributed by atoms with Crippen molar-refractivity contribution in [3.63, 3.8) is 0 Å². The topological polar surface area (TPSA) is 60.2 Å². The average Bonchev–Trinajstić information content (AvgIpc) is 3.02. The van der Waals surface area contributed by atoms with Gasteiger partial charge in [-0.1, -0.05) is 23.9 Å². The number of carbonyl (C=O) groups is 1. The van der Waals surface area contributed by atoms with Gasteiger partial charge in [0.15, 0.2) is 11.0 Å². The lowest BCUT2D eigenvalue weighted by Crippen LogP contribution is -2.43. The highest BCUT2D eigenvalue weighted by Crippen LogP contribution is 2.23. The van der Waals surface area contributed by atoms with Crippen molar-refractivity contribution in [3.8, 4) is 5.75 Å². The van der Waals surface area contributed by atoms with E-state index in [1.54, 1.807) is 0 Å². The van der Waals surface area contributed by atoms with Crippen LogP contribution in [0.2, 0.25) is 0 Å². The molecule has 7 heteroatoms. The van der Waals surface area contributed by atoms with Gasteiger partial charge in [-0.25, -0.2) is 0 Å². The van der Waals surface area contributed by atoms with E-state index < -0.39 is 0 Å². The van der Waals surface area contributed by atoms with E-state index in [2.05, 4.69) is 30.1 Å². The number of amides is 1. The molecule has 2 aromatic rings. The van der Waals surface area contributed by atoms with Crippen molar-refractivity contribution >= 4 is 17.7 Å². The van der Waals surface area contributed by atoms with E-state index in [1.807, 2.05) is 56.2 Å². The fourth-order valence-corrected chi connectivity index (χ4v) is 4.14. The van der Waals surface area contributed by atoms with E-state index in [-0.39, 0.29) is 18.0 Å². The summed E-state index contributed by atoms with van der Waals surface area (Å²) in [6.07, 6.45) is 0. The number of benzene rings is 1. The molecule has 2 rings (SSSR count). The lowest BCUT2D eigenvalue weighted by Gasteiger charge is -2.30. The molecule has 28 heavy (non-hydrogen) atoms. The van der Waals surface area contributed by atoms with Crippen molar-refractivity contribution in [3.05, 3.63) is 35.2 Å². The van der Waals surface area contributed by atoms with Gasteiger partial charge in [0.25, 0.3) is 0 Å². The molecule has 1 amide bonds. The molecule has 0 bridgehead atoms. The molecule has 0 aliphatic carbocycles. The molecule has 1 aromatic carbocycles. The monoisotopic (exact) mass is 404 g/mol. The summed E-state index contributed by atoms with van der Waals surface area (Å²) in [5, 5.41) is 9.33. The standard InChI is InChI=1S/C21H32N4O2S/c1-8-24-19(12-27-18-11-9-10-16(6)17(18)7)22-23-21(24)28-13-20(26)25(14(2)3)15(4)5/h9-11,14-15H,8,12-13H2,1-7H3. The van der Waals surface area contributed by atoms with Crippen LogP contribution >= 0.6 is 11.8 Å². The lowest BCUT2D eigenvalue weighted by molar-refractivity contribution is -0.131. The van der Waals surface area contributed by atoms with Crippen molar-refractivity contribution in [2.75, 3.05) is 5.75 Å². The third-order valence-corrected chi connectivity index (χ3v) is 5.70. The summed E-state index contributed by atoms with van der Waals surface area (Å²) in [5.41, 5.74) is 2.33. The van der Waals surface area contributed by atoms with Crippen LogP contribution in [0.1, 0.15) is 51.6 Å². The second-order valence-corrected chi connectivity index (χ2v) is 8.35. The fraction of sp³-hybridized carbons (Fsp3) is 0.571. The summed E-state index contributed by atoms with van der Waals surface area (Å²) in [5.74, 6) is 2.10. The van der Waals surface area contributed by atoms with Gasteiger partial charge in [-0.05, 0) is 65.7 Å². The number of aromatic nitrogens is 3. The van der Waals surface area contributed by atoms with Gasteiger partial charge >= 0.3 is 0 Å². The zero-order chi connectivity index (χ0) is 20.8. The number of carbonyl (C=O) groups excluding carboxylic acids is 1. The number of hydrogen-bond donors (Lipinski definition) is 0. The number of rotatable bonds is 9. The Bertz CT molecular complexity index is 794. The largest absolute Gasteiger partial charge is 0.485 e. The van der Waals surface area contributed by atoms with Crippen LogP contribution in [0.5, 0.6) is 5.75 Å². The number of hydrogen-bond acceptors (Lipinski definition) is 5. The average molecular weight is 405 g/mol. The molecular weight excluding hydrogens is 372 g/mol. The smallest absolute Gasteiger partial charge is 0.233 e. The van der Waals surface area contributed by atoms with Crippen molar-refractivity contribution < 1.29 is 9.53 Å². The van der Waals surface area contributed by atoms with Gasteiger partial charge in [0.1, 0.15) is 12.4 Å². The van der Waals surface area contributed by atoms with Crippen LogP contribution < -0.4 is 4.74 Å². The minimum atomic E-state index is 0.119. The number of ether oxygens (including phenoxy) is 1. The summed E-state index contributed by atoms with van der Waals surface area (Å²) in [6, 6.07) is 6.39. The Morgan fingerprint density at radius 1 is 1.18 bits per heavy atom. The second kappa shape index (κ2) is 9.96. The quantitative estimate of drug-likeness (QED) is 0.585. The van der Waals surface area contributed by atoms with E-state index >= 15 is 0 Å². The summed E-state index contributed by atoms with van der Waals surface area (Å²) in [6.45, 7) is 15.4. The minimum absolute atomic E-state index is 0.119. The Balaban J connectivity index is 2.05. The summed E-state index contributed by atoms with van der Waals surface area (Å²) >= 11 is 1.43. The summed E-state index contributed by atoms with van der Waals surface area (Å²) < 4.78 is 7.99. The minimum Gasteiger partial charge on any atom is -0.485 e. The fourth-order valence-electron chi connectivity index (χ4n) is 3.25. The van der Waals surface area contributed by atoms with E-state index in [0.29, 0.717) is 12.4 Å². The maximum atomic E-state index is 12.6. The van der Waals surface area contributed by atoms with Gasteiger partial charge in [-0.3, -0.25) is 4.79 Å². The Morgan fingerprint density at radius 2 is 1.86 bits per heavy atom. The van der Waals surface area contributed by atoms with Crippen LogP contribution in [0.25, 0.3) is 0 Å².